The second-order valence-corrected chi connectivity index (χ2v) is 3.66. The molecule has 0 bridgehead atoms. The van der Waals surface area contributed by atoms with Crippen LogP contribution in [0.1, 0.15) is 22.8 Å². The van der Waals surface area contributed by atoms with Gasteiger partial charge in [0.2, 0.25) is 0 Å². The summed E-state index contributed by atoms with van der Waals surface area (Å²) in [5, 5.41) is 0.949. The van der Waals surface area contributed by atoms with Crippen LogP contribution < -0.4 is 0 Å². The van der Waals surface area contributed by atoms with Crippen molar-refractivity contribution in [2.45, 2.75) is 27.2 Å². The average molecular weight is 229 g/mol. The van der Waals surface area contributed by atoms with Gasteiger partial charge in [0, 0.05) is 11.8 Å². The maximum absolute atomic E-state index is 4.47. The number of aryl methyl sites for hydroxylation is 4. The molecule has 0 aliphatic heterocycles. The van der Waals surface area contributed by atoms with Gasteiger partial charge in [-0.2, -0.15) is 0 Å². The molecule has 2 nitrogen and oxygen atoms in total. The molecule has 1 aromatic rings. The lowest BCUT2D eigenvalue weighted by atomic mass is 10.2. The third-order valence-corrected chi connectivity index (χ3v) is 2.31. The van der Waals surface area contributed by atoms with Crippen LogP contribution in [0.4, 0.5) is 0 Å². The van der Waals surface area contributed by atoms with E-state index >= 15 is 0 Å². The van der Waals surface area contributed by atoms with E-state index in [4.69, 9.17) is 0 Å². The summed E-state index contributed by atoms with van der Waals surface area (Å²) in [5.74, 6) is 0. The summed E-state index contributed by atoms with van der Waals surface area (Å²) in [6.45, 7) is 6.00. The van der Waals surface area contributed by atoms with E-state index in [0.717, 1.165) is 34.5 Å². The Morgan fingerprint density at radius 2 is 1.58 bits per heavy atom. The van der Waals surface area contributed by atoms with Crippen LogP contribution in [0.5, 0.6) is 0 Å². The summed E-state index contributed by atoms with van der Waals surface area (Å²) < 4.78 is 0. The largest absolute Gasteiger partial charge is 0.255 e. The first-order chi connectivity index (χ1) is 5.65. The Hall–Kier alpha value is -0.440. The van der Waals surface area contributed by atoms with Crippen molar-refractivity contribution in [3.8, 4) is 0 Å². The van der Waals surface area contributed by atoms with Crippen molar-refractivity contribution >= 4 is 15.9 Å². The quantitative estimate of drug-likeness (QED) is 0.727. The van der Waals surface area contributed by atoms with Crippen LogP contribution in [-0.4, -0.2) is 15.3 Å². The Morgan fingerprint density at radius 1 is 1.00 bits per heavy atom. The molecule has 0 saturated heterocycles. The van der Waals surface area contributed by atoms with Crippen LogP contribution in [0.2, 0.25) is 0 Å². The minimum atomic E-state index is 0.949. The molecule has 66 valence electrons. The summed E-state index contributed by atoms with van der Waals surface area (Å²) in [5.41, 5.74) is 4.23. The predicted octanol–water partition coefficient (Wildman–Crippen LogP) is 2.34. The molecule has 0 fully saturated rings. The molecule has 0 aromatic carbocycles. The molecule has 0 aliphatic carbocycles. The van der Waals surface area contributed by atoms with E-state index in [1.807, 2.05) is 20.8 Å². The standard InChI is InChI=1S/C9H13BrN2/c1-6-7(2)12-9(4-5-10)8(3)11-6/h4-5H2,1-3H3. The third-order valence-electron chi connectivity index (χ3n) is 1.91. The fraction of sp³-hybridized carbons (Fsp3) is 0.556. The van der Waals surface area contributed by atoms with E-state index in [9.17, 15) is 0 Å². The van der Waals surface area contributed by atoms with Gasteiger partial charge < -0.3 is 0 Å². The van der Waals surface area contributed by atoms with Crippen molar-refractivity contribution in [1.82, 2.24) is 9.97 Å². The van der Waals surface area contributed by atoms with Gasteiger partial charge in [0.1, 0.15) is 0 Å². The van der Waals surface area contributed by atoms with Gasteiger partial charge in [0.25, 0.3) is 0 Å². The molecule has 0 radical (unpaired) electrons. The molecule has 0 aliphatic rings. The Labute approximate surface area is 81.6 Å². The summed E-state index contributed by atoms with van der Waals surface area (Å²) in [6, 6.07) is 0. The maximum atomic E-state index is 4.47. The van der Waals surface area contributed by atoms with Crippen molar-refractivity contribution in [3.63, 3.8) is 0 Å². The number of nitrogens with zero attached hydrogens (tertiary/aromatic N) is 2. The molecule has 1 heterocycles. The molecular formula is C9H13BrN2. The predicted molar refractivity (Wildman–Crippen MR) is 53.7 cm³/mol. The Morgan fingerprint density at radius 3 is 2.17 bits per heavy atom. The lowest BCUT2D eigenvalue weighted by Crippen LogP contribution is -2.02. The van der Waals surface area contributed by atoms with Crippen LogP contribution in [0.25, 0.3) is 0 Å². The van der Waals surface area contributed by atoms with E-state index in [0.29, 0.717) is 0 Å². The molecule has 1 rings (SSSR count). The highest BCUT2D eigenvalue weighted by Gasteiger charge is 2.03. The minimum Gasteiger partial charge on any atom is -0.255 e. The van der Waals surface area contributed by atoms with Gasteiger partial charge >= 0.3 is 0 Å². The van der Waals surface area contributed by atoms with Gasteiger partial charge in [-0.05, 0) is 20.8 Å². The molecule has 12 heavy (non-hydrogen) atoms. The number of hydrogen-bond acceptors (Lipinski definition) is 2. The molecule has 0 N–H and O–H groups in total. The number of rotatable bonds is 2. The van der Waals surface area contributed by atoms with E-state index in [1.165, 1.54) is 0 Å². The molecule has 0 unspecified atom stereocenters. The van der Waals surface area contributed by atoms with Crippen LogP contribution in [-0.2, 0) is 6.42 Å². The van der Waals surface area contributed by atoms with Crippen LogP contribution >= 0.6 is 15.9 Å². The van der Waals surface area contributed by atoms with Gasteiger partial charge in [-0.25, -0.2) is 0 Å². The van der Waals surface area contributed by atoms with Gasteiger partial charge in [-0.3, -0.25) is 9.97 Å². The summed E-state index contributed by atoms with van der Waals surface area (Å²) in [6.07, 6.45) is 0.958. The smallest absolute Gasteiger partial charge is 0.0627 e. The van der Waals surface area contributed by atoms with Gasteiger partial charge in [0.15, 0.2) is 0 Å². The molecule has 0 atom stereocenters. The van der Waals surface area contributed by atoms with Crippen LogP contribution in [0.15, 0.2) is 0 Å². The molecule has 0 spiro atoms. The zero-order valence-corrected chi connectivity index (χ0v) is 9.27. The summed E-state index contributed by atoms with van der Waals surface area (Å²) in [7, 11) is 0. The van der Waals surface area contributed by atoms with Crippen LogP contribution in [0.3, 0.4) is 0 Å². The van der Waals surface area contributed by atoms with E-state index < -0.39 is 0 Å². The van der Waals surface area contributed by atoms with Crippen molar-refractivity contribution in [1.29, 1.82) is 0 Å². The number of hydrogen-bond donors (Lipinski definition) is 0. The van der Waals surface area contributed by atoms with Gasteiger partial charge in [-0.1, -0.05) is 15.9 Å². The maximum Gasteiger partial charge on any atom is 0.0627 e. The Kier molecular flexibility index (Phi) is 3.20. The highest BCUT2D eigenvalue weighted by atomic mass is 79.9. The first kappa shape index (κ1) is 9.65. The number of aromatic nitrogens is 2. The summed E-state index contributed by atoms with van der Waals surface area (Å²) >= 11 is 3.40. The number of alkyl halides is 1. The highest BCUT2D eigenvalue weighted by molar-refractivity contribution is 9.09. The zero-order chi connectivity index (χ0) is 9.14. The normalized spacial score (nSPS) is 10.3. The number of halogens is 1. The first-order valence-electron chi connectivity index (χ1n) is 4.02. The van der Waals surface area contributed by atoms with Crippen LogP contribution in [0, 0.1) is 20.8 Å². The van der Waals surface area contributed by atoms with Gasteiger partial charge in [0.05, 0.1) is 22.8 Å². The zero-order valence-electron chi connectivity index (χ0n) is 7.69. The second kappa shape index (κ2) is 3.99. The molecule has 0 amide bonds. The highest BCUT2D eigenvalue weighted by Crippen LogP contribution is 2.08. The van der Waals surface area contributed by atoms with E-state index in [-0.39, 0.29) is 0 Å². The van der Waals surface area contributed by atoms with Crippen molar-refractivity contribution < 1.29 is 0 Å². The Bertz CT molecular complexity index is 284. The molecule has 3 heteroatoms. The molecule has 1 aromatic heterocycles. The fourth-order valence-electron chi connectivity index (χ4n) is 1.09. The third kappa shape index (κ3) is 2.03. The molecule has 0 saturated carbocycles. The Balaban J connectivity index is 3.05. The van der Waals surface area contributed by atoms with Crippen molar-refractivity contribution in [2.24, 2.45) is 0 Å². The topological polar surface area (TPSA) is 25.8 Å². The van der Waals surface area contributed by atoms with E-state index in [1.54, 1.807) is 0 Å². The summed E-state index contributed by atoms with van der Waals surface area (Å²) in [4.78, 5) is 8.88. The lowest BCUT2D eigenvalue weighted by molar-refractivity contribution is 0.911. The SMILES string of the molecule is Cc1nc(C)c(CCBr)nc1C. The average Bonchev–Trinajstić information content (AvgIpc) is 2.01. The fourth-order valence-corrected chi connectivity index (χ4v) is 1.46. The van der Waals surface area contributed by atoms with Crippen molar-refractivity contribution in [3.05, 3.63) is 22.8 Å². The molecular weight excluding hydrogens is 216 g/mol. The first-order valence-corrected chi connectivity index (χ1v) is 5.14. The lowest BCUT2D eigenvalue weighted by Gasteiger charge is -2.05. The minimum absolute atomic E-state index is 0.949. The van der Waals surface area contributed by atoms with Gasteiger partial charge in [-0.15, -0.1) is 0 Å². The monoisotopic (exact) mass is 228 g/mol. The van der Waals surface area contributed by atoms with Crippen molar-refractivity contribution in [2.75, 3.05) is 5.33 Å². The second-order valence-electron chi connectivity index (χ2n) is 2.87. The van der Waals surface area contributed by atoms with E-state index in [2.05, 4.69) is 25.9 Å².